The van der Waals surface area contributed by atoms with Gasteiger partial charge in [-0.15, -0.1) is 11.6 Å². The van der Waals surface area contributed by atoms with Crippen molar-refractivity contribution in [3.05, 3.63) is 29.8 Å². The average Bonchev–Trinajstić information content (AvgIpc) is 3.07. The van der Waals surface area contributed by atoms with Crippen molar-refractivity contribution in [1.82, 2.24) is 9.55 Å². The van der Waals surface area contributed by atoms with E-state index >= 15 is 0 Å². The van der Waals surface area contributed by atoms with Crippen molar-refractivity contribution in [2.75, 3.05) is 0 Å². The topological polar surface area (TPSA) is 17.8 Å². The zero-order valence-electron chi connectivity index (χ0n) is 11.6. The molecular weight excluding hydrogens is 275 g/mol. The summed E-state index contributed by atoms with van der Waals surface area (Å²) in [4.78, 5) is 4.49. The zero-order valence-corrected chi connectivity index (χ0v) is 12.4. The Balaban J connectivity index is 1.76. The number of benzene rings is 1. The lowest BCUT2D eigenvalue weighted by Gasteiger charge is -2.11. The quantitative estimate of drug-likeness (QED) is 0.718. The zero-order chi connectivity index (χ0) is 13.9. The Bertz CT molecular complexity index is 587. The number of aromatic nitrogens is 2. The fourth-order valence-electron chi connectivity index (χ4n) is 3.33. The first-order chi connectivity index (χ1) is 9.78. The Hall–Kier alpha value is -1.09. The van der Waals surface area contributed by atoms with Gasteiger partial charge in [-0.25, -0.2) is 9.37 Å². The molecule has 1 aromatic carbocycles. The molecule has 1 heterocycles. The summed E-state index contributed by atoms with van der Waals surface area (Å²) in [6.07, 6.45) is 7.91. The van der Waals surface area contributed by atoms with Gasteiger partial charge in [0.05, 0.1) is 16.9 Å². The molecule has 1 saturated carbocycles. The smallest absolute Gasteiger partial charge is 0.125 e. The van der Waals surface area contributed by atoms with E-state index in [1.54, 1.807) is 12.1 Å². The third kappa shape index (κ3) is 2.83. The molecule has 1 aromatic heterocycles. The molecule has 0 unspecified atom stereocenters. The van der Waals surface area contributed by atoms with E-state index in [0.717, 1.165) is 35.7 Å². The van der Waals surface area contributed by atoms with Crippen LogP contribution in [-0.4, -0.2) is 9.55 Å². The van der Waals surface area contributed by atoms with Gasteiger partial charge in [0.2, 0.25) is 0 Å². The molecule has 0 spiro atoms. The summed E-state index contributed by atoms with van der Waals surface area (Å²) in [6, 6.07) is 4.75. The van der Waals surface area contributed by atoms with Gasteiger partial charge in [0.25, 0.3) is 0 Å². The van der Waals surface area contributed by atoms with E-state index in [0.29, 0.717) is 5.88 Å². The van der Waals surface area contributed by atoms with Gasteiger partial charge in [-0.1, -0.05) is 25.7 Å². The van der Waals surface area contributed by atoms with Crippen molar-refractivity contribution in [2.45, 2.75) is 50.9 Å². The third-order valence-corrected chi connectivity index (χ3v) is 4.62. The van der Waals surface area contributed by atoms with Crippen LogP contribution in [0.5, 0.6) is 0 Å². The third-order valence-electron chi connectivity index (χ3n) is 4.38. The second-order valence-corrected chi connectivity index (χ2v) is 6.01. The number of fused-ring (bicyclic) bond motifs is 1. The molecule has 2 nitrogen and oxygen atoms in total. The summed E-state index contributed by atoms with van der Waals surface area (Å²) >= 11 is 5.97. The van der Waals surface area contributed by atoms with E-state index < -0.39 is 0 Å². The molecule has 4 heteroatoms. The van der Waals surface area contributed by atoms with Gasteiger partial charge in [0.15, 0.2) is 0 Å². The van der Waals surface area contributed by atoms with Crippen LogP contribution in [0.25, 0.3) is 11.0 Å². The molecule has 3 rings (SSSR count). The highest BCUT2D eigenvalue weighted by atomic mass is 35.5. The minimum atomic E-state index is -0.212. The molecular formula is C16H20ClFN2. The molecule has 0 radical (unpaired) electrons. The van der Waals surface area contributed by atoms with Crippen LogP contribution in [-0.2, 0) is 12.4 Å². The molecule has 1 aliphatic carbocycles. The van der Waals surface area contributed by atoms with Crippen LogP contribution in [0.3, 0.4) is 0 Å². The van der Waals surface area contributed by atoms with Crippen LogP contribution in [0, 0.1) is 11.7 Å². The van der Waals surface area contributed by atoms with E-state index in [1.165, 1.54) is 38.2 Å². The van der Waals surface area contributed by atoms with Crippen molar-refractivity contribution >= 4 is 22.6 Å². The number of halogens is 2. The largest absolute Gasteiger partial charge is 0.327 e. The van der Waals surface area contributed by atoms with Crippen molar-refractivity contribution in [1.29, 1.82) is 0 Å². The van der Waals surface area contributed by atoms with Crippen LogP contribution in [0.15, 0.2) is 18.2 Å². The predicted molar refractivity (Wildman–Crippen MR) is 80.4 cm³/mol. The Morgan fingerprint density at radius 1 is 1.30 bits per heavy atom. The van der Waals surface area contributed by atoms with Crippen molar-refractivity contribution in [3.8, 4) is 0 Å². The summed E-state index contributed by atoms with van der Waals surface area (Å²) in [5, 5.41) is 0. The van der Waals surface area contributed by atoms with Gasteiger partial charge >= 0.3 is 0 Å². The highest BCUT2D eigenvalue weighted by Crippen LogP contribution is 2.29. The first-order valence-electron chi connectivity index (χ1n) is 7.48. The van der Waals surface area contributed by atoms with Crippen molar-refractivity contribution < 1.29 is 4.39 Å². The summed E-state index contributed by atoms with van der Waals surface area (Å²) in [6.45, 7) is 0.887. The highest BCUT2D eigenvalue weighted by Gasteiger charge is 2.15. The number of imidazole rings is 1. The van der Waals surface area contributed by atoms with E-state index in [1.807, 2.05) is 0 Å². The monoisotopic (exact) mass is 294 g/mol. The number of nitrogens with zero attached hydrogens (tertiary/aromatic N) is 2. The Morgan fingerprint density at radius 3 is 2.85 bits per heavy atom. The van der Waals surface area contributed by atoms with Gasteiger partial charge in [-0.2, -0.15) is 0 Å². The van der Waals surface area contributed by atoms with Crippen LogP contribution < -0.4 is 0 Å². The van der Waals surface area contributed by atoms with Gasteiger partial charge in [-0.3, -0.25) is 0 Å². The number of hydrogen-bond donors (Lipinski definition) is 0. The molecule has 20 heavy (non-hydrogen) atoms. The van der Waals surface area contributed by atoms with Crippen LogP contribution in [0.1, 0.15) is 44.3 Å². The fraction of sp³-hybridized carbons (Fsp3) is 0.562. The van der Waals surface area contributed by atoms with Crippen molar-refractivity contribution in [2.24, 2.45) is 5.92 Å². The number of alkyl halides is 1. The van der Waals surface area contributed by atoms with E-state index in [-0.39, 0.29) is 5.82 Å². The molecule has 0 bridgehead atoms. The lowest BCUT2D eigenvalue weighted by atomic mass is 10.0. The van der Waals surface area contributed by atoms with Crippen LogP contribution in [0.4, 0.5) is 4.39 Å². The Labute approximate surface area is 123 Å². The minimum absolute atomic E-state index is 0.212. The predicted octanol–water partition coefficient (Wildman–Crippen LogP) is 4.88. The maximum atomic E-state index is 13.4. The van der Waals surface area contributed by atoms with E-state index in [4.69, 9.17) is 11.6 Å². The molecule has 1 aliphatic rings. The van der Waals surface area contributed by atoms with Gasteiger partial charge < -0.3 is 4.57 Å². The lowest BCUT2D eigenvalue weighted by Crippen LogP contribution is -2.04. The van der Waals surface area contributed by atoms with Gasteiger partial charge in [0.1, 0.15) is 11.6 Å². The Kier molecular flexibility index (Phi) is 4.25. The normalized spacial score (nSPS) is 16.3. The van der Waals surface area contributed by atoms with Crippen molar-refractivity contribution in [3.63, 3.8) is 0 Å². The second kappa shape index (κ2) is 6.13. The maximum absolute atomic E-state index is 13.4. The summed E-state index contributed by atoms with van der Waals surface area (Å²) in [5.41, 5.74) is 1.70. The minimum Gasteiger partial charge on any atom is -0.327 e. The molecule has 1 fully saturated rings. The average molecular weight is 295 g/mol. The molecule has 0 saturated heterocycles. The molecule has 2 aromatic rings. The summed E-state index contributed by atoms with van der Waals surface area (Å²) < 4.78 is 15.5. The maximum Gasteiger partial charge on any atom is 0.125 e. The molecule has 0 N–H and O–H groups in total. The van der Waals surface area contributed by atoms with Crippen LogP contribution in [0.2, 0.25) is 0 Å². The van der Waals surface area contributed by atoms with E-state index in [2.05, 4.69) is 9.55 Å². The molecule has 108 valence electrons. The number of aryl methyl sites for hydroxylation is 1. The first kappa shape index (κ1) is 13.9. The summed E-state index contributed by atoms with van der Waals surface area (Å²) in [5.74, 6) is 1.90. The second-order valence-electron chi connectivity index (χ2n) is 5.74. The molecule has 0 aliphatic heterocycles. The van der Waals surface area contributed by atoms with Gasteiger partial charge in [-0.05, 0) is 37.0 Å². The Morgan fingerprint density at radius 2 is 2.10 bits per heavy atom. The lowest BCUT2D eigenvalue weighted by molar-refractivity contribution is 0.458. The van der Waals surface area contributed by atoms with Crippen LogP contribution >= 0.6 is 11.6 Å². The fourth-order valence-corrected chi connectivity index (χ4v) is 3.54. The highest BCUT2D eigenvalue weighted by molar-refractivity contribution is 6.16. The molecule has 0 atom stereocenters. The number of rotatable bonds is 5. The SMILES string of the molecule is Fc1ccc2nc(CCl)n(CCCC3CCCC3)c2c1. The molecule has 0 amide bonds. The van der Waals surface area contributed by atoms with Gasteiger partial charge in [0, 0.05) is 6.54 Å². The van der Waals surface area contributed by atoms with E-state index in [9.17, 15) is 4.39 Å². The summed E-state index contributed by atoms with van der Waals surface area (Å²) in [7, 11) is 0. The first-order valence-corrected chi connectivity index (χ1v) is 8.02. The number of hydrogen-bond acceptors (Lipinski definition) is 1. The standard InChI is InChI=1S/C16H20ClFN2/c17-11-16-19-14-8-7-13(18)10-15(14)20(16)9-3-6-12-4-1-2-5-12/h7-8,10,12H,1-6,9,11H2.